The van der Waals surface area contributed by atoms with Gasteiger partial charge in [-0.2, -0.15) is 0 Å². The summed E-state index contributed by atoms with van der Waals surface area (Å²) in [5, 5.41) is 7.60. The summed E-state index contributed by atoms with van der Waals surface area (Å²) >= 11 is 0. The molecule has 0 saturated carbocycles. The lowest BCUT2D eigenvalue weighted by atomic mass is 9.82. The van der Waals surface area contributed by atoms with Crippen LogP contribution in [-0.4, -0.2) is 60.7 Å². The minimum atomic E-state index is 0.0378. The molecule has 6 nitrogen and oxygen atoms in total. The van der Waals surface area contributed by atoms with Crippen LogP contribution in [0.4, 0.5) is 0 Å². The smallest absolute Gasteiger partial charge is 0.193 e. The molecule has 2 heterocycles. The number of hydrogen-bond donors (Lipinski definition) is 1. The second-order valence-electron chi connectivity index (χ2n) is 7.85. The van der Waals surface area contributed by atoms with Gasteiger partial charge in [0.15, 0.2) is 5.96 Å². The van der Waals surface area contributed by atoms with Crippen molar-refractivity contribution < 1.29 is 4.52 Å². The maximum absolute atomic E-state index is 4.93. The van der Waals surface area contributed by atoms with Crippen LogP contribution in [-0.2, 0) is 12.0 Å². The van der Waals surface area contributed by atoms with Crippen molar-refractivity contribution in [2.24, 2.45) is 4.99 Å². The topological polar surface area (TPSA) is 56.9 Å². The van der Waals surface area contributed by atoms with Gasteiger partial charge >= 0.3 is 0 Å². The first-order valence-corrected chi connectivity index (χ1v) is 9.63. The van der Waals surface area contributed by atoms with Crippen LogP contribution < -0.4 is 5.32 Å². The van der Waals surface area contributed by atoms with E-state index >= 15 is 0 Å². The largest absolute Gasteiger partial charge is 0.364 e. The van der Waals surface area contributed by atoms with E-state index in [0.29, 0.717) is 0 Å². The average molecular weight is 370 g/mol. The average Bonchev–Trinajstić information content (AvgIpc) is 3.17. The Labute approximate surface area is 162 Å². The normalized spacial score (nSPS) is 16.6. The maximum atomic E-state index is 4.93. The molecular formula is C21H31N5O. The summed E-state index contributed by atoms with van der Waals surface area (Å²) in [6.07, 6.45) is 1.63. The molecule has 0 unspecified atom stereocenters. The Morgan fingerprint density at radius 1 is 1.19 bits per heavy atom. The van der Waals surface area contributed by atoms with Gasteiger partial charge in [-0.15, -0.1) is 0 Å². The monoisotopic (exact) mass is 369 g/mol. The number of nitrogens with one attached hydrogen (secondary N) is 1. The fourth-order valence-electron chi connectivity index (χ4n) is 3.73. The molecule has 1 aromatic carbocycles. The SMILES string of the molecule is CN=C(NCC(C)(C)c1ccccc1C)N1CCN(Cc2ccon2)CC1. The molecule has 1 fully saturated rings. The summed E-state index contributed by atoms with van der Waals surface area (Å²) in [4.78, 5) is 9.26. The van der Waals surface area contributed by atoms with Gasteiger partial charge in [-0.1, -0.05) is 43.3 Å². The van der Waals surface area contributed by atoms with Crippen LogP contribution in [0.3, 0.4) is 0 Å². The van der Waals surface area contributed by atoms with E-state index in [1.54, 1.807) is 6.26 Å². The highest BCUT2D eigenvalue weighted by Crippen LogP contribution is 2.25. The molecule has 1 aliphatic rings. The summed E-state index contributed by atoms with van der Waals surface area (Å²) in [6.45, 7) is 12.4. The summed E-state index contributed by atoms with van der Waals surface area (Å²) in [5.41, 5.74) is 3.74. The molecule has 1 saturated heterocycles. The van der Waals surface area contributed by atoms with Gasteiger partial charge in [-0.05, 0) is 18.1 Å². The molecule has 1 aromatic heterocycles. The lowest BCUT2D eigenvalue weighted by Gasteiger charge is -2.37. The second-order valence-corrected chi connectivity index (χ2v) is 7.85. The molecule has 0 aliphatic carbocycles. The Hall–Kier alpha value is -2.34. The molecule has 0 amide bonds. The Morgan fingerprint density at radius 3 is 2.56 bits per heavy atom. The Bertz CT molecular complexity index is 746. The lowest BCUT2D eigenvalue weighted by molar-refractivity contribution is 0.168. The molecule has 0 bridgehead atoms. The first kappa shape index (κ1) is 19.4. The minimum absolute atomic E-state index is 0.0378. The quantitative estimate of drug-likeness (QED) is 0.649. The highest BCUT2D eigenvalue weighted by Gasteiger charge is 2.25. The first-order valence-electron chi connectivity index (χ1n) is 9.63. The van der Waals surface area contributed by atoms with Crippen LogP contribution >= 0.6 is 0 Å². The van der Waals surface area contributed by atoms with E-state index in [4.69, 9.17) is 4.52 Å². The molecule has 2 aromatic rings. The van der Waals surface area contributed by atoms with E-state index in [2.05, 4.69) is 70.3 Å². The number of benzene rings is 1. The number of aryl methyl sites for hydroxylation is 1. The fourth-order valence-corrected chi connectivity index (χ4v) is 3.73. The number of guanidine groups is 1. The number of piperazine rings is 1. The van der Waals surface area contributed by atoms with Gasteiger partial charge < -0.3 is 14.7 Å². The van der Waals surface area contributed by atoms with Crippen molar-refractivity contribution in [2.75, 3.05) is 39.8 Å². The molecular weight excluding hydrogens is 338 g/mol. The Kier molecular flexibility index (Phi) is 6.16. The van der Waals surface area contributed by atoms with Gasteiger partial charge in [0.2, 0.25) is 0 Å². The fraction of sp³-hybridized carbons (Fsp3) is 0.524. The van der Waals surface area contributed by atoms with Crippen LogP contribution in [0.25, 0.3) is 0 Å². The van der Waals surface area contributed by atoms with E-state index in [1.165, 1.54) is 11.1 Å². The summed E-state index contributed by atoms with van der Waals surface area (Å²) in [5.74, 6) is 0.984. The van der Waals surface area contributed by atoms with Crippen LogP contribution in [0.5, 0.6) is 0 Å². The first-order chi connectivity index (χ1) is 13.0. The number of aliphatic imine (C=N–C) groups is 1. The van der Waals surface area contributed by atoms with Crippen molar-refractivity contribution in [3.8, 4) is 0 Å². The molecule has 6 heteroatoms. The summed E-state index contributed by atoms with van der Waals surface area (Å²) in [7, 11) is 1.87. The minimum Gasteiger partial charge on any atom is -0.364 e. The van der Waals surface area contributed by atoms with E-state index in [1.807, 2.05) is 13.1 Å². The van der Waals surface area contributed by atoms with Crippen molar-refractivity contribution in [1.29, 1.82) is 0 Å². The maximum Gasteiger partial charge on any atom is 0.193 e. The van der Waals surface area contributed by atoms with Crippen LogP contribution in [0.2, 0.25) is 0 Å². The summed E-state index contributed by atoms with van der Waals surface area (Å²) < 4.78 is 4.93. The zero-order valence-electron chi connectivity index (χ0n) is 16.9. The predicted molar refractivity (Wildman–Crippen MR) is 109 cm³/mol. The van der Waals surface area contributed by atoms with Crippen LogP contribution in [0, 0.1) is 6.92 Å². The van der Waals surface area contributed by atoms with Gasteiger partial charge in [0.05, 0.1) is 5.69 Å². The van der Waals surface area contributed by atoms with E-state index in [9.17, 15) is 0 Å². The van der Waals surface area contributed by atoms with Gasteiger partial charge in [0, 0.05) is 57.8 Å². The number of aromatic nitrogens is 1. The third-order valence-electron chi connectivity index (χ3n) is 5.32. The molecule has 0 spiro atoms. The third-order valence-corrected chi connectivity index (χ3v) is 5.32. The Balaban J connectivity index is 1.53. The highest BCUT2D eigenvalue weighted by molar-refractivity contribution is 5.80. The van der Waals surface area contributed by atoms with E-state index < -0.39 is 0 Å². The standard InChI is InChI=1S/C21H31N5O/c1-17-7-5-6-8-19(17)21(2,3)16-23-20(22-4)26-12-10-25(11-13-26)15-18-9-14-27-24-18/h5-9,14H,10-13,15-16H2,1-4H3,(H,22,23). The van der Waals surface area contributed by atoms with Gasteiger partial charge in [-0.25, -0.2) is 0 Å². The number of nitrogens with zero attached hydrogens (tertiary/aromatic N) is 4. The third kappa shape index (κ3) is 4.89. The van der Waals surface area contributed by atoms with E-state index in [0.717, 1.165) is 50.9 Å². The van der Waals surface area contributed by atoms with Crippen molar-refractivity contribution in [3.05, 3.63) is 53.4 Å². The van der Waals surface area contributed by atoms with E-state index in [-0.39, 0.29) is 5.41 Å². The number of hydrogen-bond acceptors (Lipinski definition) is 4. The Morgan fingerprint density at radius 2 is 1.93 bits per heavy atom. The second kappa shape index (κ2) is 8.57. The lowest BCUT2D eigenvalue weighted by Crippen LogP contribution is -2.53. The van der Waals surface area contributed by atoms with Gasteiger partial charge in [-0.3, -0.25) is 9.89 Å². The molecule has 0 radical (unpaired) electrons. The molecule has 3 rings (SSSR count). The van der Waals surface area contributed by atoms with Crippen LogP contribution in [0.1, 0.15) is 30.7 Å². The van der Waals surface area contributed by atoms with Crippen molar-refractivity contribution in [2.45, 2.75) is 32.7 Å². The van der Waals surface area contributed by atoms with Gasteiger partial charge in [0.25, 0.3) is 0 Å². The molecule has 27 heavy (non-hydrogen) atoms. The molecule has 146 valence electrons. The highest BCUT2D eigenvalue weighted by atomic mass is 16.5. The molecule has 0 atom stereocenters. The molecule has 1 aliphatic heterocycles. The van der Waals surface area contributed by atoms with Crippen molar-refractivity contribution in [3.63, 3.8) is 0 Å². The summed E-state index contributed by atoms with van der Waals surface area (Å²) in [6, 6.07) is 10.6. The zero-order chi connectivity index (χ0) is 19.3. The zero-order valence-corrected chi connectivity index (χ0v) is 16.9. The van der Waals surface area contributed by atoms with Crippen molar-refractivity contribution >= 4 is 5.96 Å². The predicted octanol–water partition coefficient (Wildman–Crippen LogP) is 2.65. The van der Waals surface area contributed by atoms with Crippen molar-refractivity contribution in [1.82, 2.24) is 20.3 Å². The van der Waals surface area contributed by atoms with Gasteiger partial charge in [0.1, 0.15) is 6.26 Å². The van der Waals surface area contributed by atoms with Crippen LogP contribution in [0.15, 0.2) is 46.1 Å². The number of rotatable bonds is 5. The molecule has 1 N–H and O–H groups in total.